The van der Waals surface area contributed by atoms with E-state index in [2.05, 4.69) is 74.6 Å². The molecule has 2 unspecified atom stereocenters. The maximum absolute atomic E-state index is 5.97. The Hall–Kier alpha value is -1.80. The second kappa shape index (κ2) is 6.87. The summed E-state index contributed by atoms with van der Waals surface area (Å²) in [4.78, 5) is 0. The summed E-state index contributed by atoms with van der Waals surface area (Å²) in [5.41, 5.74) is 5.35. The molecule has 0 aromatic heterocycles. The van der Waals surface area contributed by atoms with Gasteiger partial charge in [-0.1, -0.05) is 55.8 Å². The van der Waals surface area contributed by atoms with Gasteiger partial charge in [0, 0.05) is 12.1 Å². The average Bonchev–Trinajstić information content (AvgIpc) is 2.64. The fraction of sp³-hybridized carbons (Fsp3) is 0.556. The molecule has 0 heterocycles. The van der Waals surface area contributed by atoms with Crippen LogP contribution >= 0.6 is 0 Å². The first kappa shape index (κ1) is 19.2. The van der Waals surface area contributed by atoms with E-state index in [-0.39, 0.29) is 0 Å². The molecule has 0 aliphatic heterocycles. The molecule has 0 spiro atoms. The van der Waals surface area contributed by atoms with Gasteiger partial charge in [0.15, 0.2) is 0 Å². The molecule has 4 bridgehead atoms. The highest BCUT2D eigenvalue weighted by molar-refractivity contribution is 5.28. The van der Waals surface area contributed by atoms with E-state index in [0.717, 1.165) is 18.2 Å². The lowest BCUT2D eigenvalue weighted by atomic mass is 9.43. The van der Waals surface area contributed by atoms with Crippen molar-refractivity contribution in [3.05, 3.63) is 65.2 Å². The topological polar surface area (TPSA) is 21.3 Å². The van der Waals surface area contributed by atoms with Gasteiger partial charge in [0.05, 0.1) is 0 Å². The fourth-order valence-electron chi connectivity index (χ4n) is 7.49. The van der Waals surface area contributed by atoms with Gasteiger partial charge in [0.2, 0.25) is 0 Å². The Morgan fingerprint density at radius 3 is 2.07 bits per heavy atom. The zero-order valence-corrected chi connectivity index (χ0v) is 18.3. The summed E-state index contributed by atoms with van der Waals surface area (Å²) in [6.45, 7) is 8.80. The van der Waals surface area contributed by atoms with Crippen LogP contribution in [0.5, 0.6) is 5.75 Å². The van der Waals surface area contributed by atoms with Crippen LogP contribution in [0.2, 0.25) is 0 Å². The zero-order valence-electron chi connectivity index (χ0n) is 18.3. The van der Waals surface area contributed by atoms with Gasteiger partial charge in [-0.05, 0) is 85.5 Å². The standard InChI is InChI=1S/C27H35NO/c1-20-4-6-22(7-5-20)16-29-24-10-8-21(9-11-24)15-28-27-14-23-12-25(2,18-27)17-26(3,13-23)19-27/h4-11,23,28H,12-19H2,1-3H3/t23?,25-,26+,27?. The van der Waals surface area contributed by atoms with E-state index in [0.29, 0.717) is 23.0 Å². The number of rotatable bonds is 6. The molecule has 29 heavy (non-hydrogen) atoms. The Labute approximate surface area is 176 Å². The lowest BCUT2D eigenvalue weighted by molar-refractivity contribution is -0.118. The van der Waals surface area contributed by atoms with Gasteiger partial charge in [-0.2, -0.15) is 0 Å². The van der Waals surface area contributed by atoms with E-state index in [1.54, 1.807) is 0 Å². The highest BCUT2D eigenvalue weighted by atomic mass is 16.5. The third-order valence-corrected chi connectivity index (χ3v) is 7.74. The lowest BCUT2D eigenvalue weighted by Gasteiger charge is -2.65. The fourth-order valence-corrected chi connectivity index (χ4v) is 7.49. The van der Waals surface area contributed by atoms with Crippen LogP contribution in [0.15, 0.2) is 48.5 Å². The van der Waals surface area contributed by atoms with Crippen LogP contribution in [-0.4, -0.2) is 5.54 Å². The Morgan fingerprint density at radius 1 is 0.828 bits per heavy atom. The molecule has 4 fully saturated rings. The van der Waals surface area contributed by atoms with Crippen molar-refractivity contribution < 1.29 is 4.74 Å². The molecule has 0 saturated heterocycles. The van der Waals surface area contributed by atoms with Crippen molar-refractivity contribution in [2.24, 2.45) is 16.7 Å². The van der Waals surface area contributed by atoms with Crippen LogP contribution in [-0.2, 0) is 13.2 Å². The third kappa shape index (κ3) is 3.97. The summed E-state index contributed by atoms with van der Waals surface area (Å²) in [7, 11) is 0. The van der Waals surface area contributed by atoms with Crippen molar-refractivity contribution in [1.29, 1.82) is 0 Å². The molecule has 2 nitrogen and oxygen atoms in total. The highest BCUT2D eigenvalue weighted by Gasteiger charge is 2.59. The van der Waals surface area contributed by atoms with Crippen LogP contribution in [0, 0.1) is 23.7 Å². The third-order valence-electron chi connectivity index (χ3n) is 7.74. The normalized spacial score (nSPS) is 35.1. The summed E-state index contributed by atoms with van der Waals surface area (Å²) < 4.78 is 5.97. The van der Waals surface area contributed by atoms with Gasteiger partial charge in [0.1, 0.15) is 12.4 Å². The largest absolute Gasteiger partial charge is 0.489 e. The minimum Gasteiger partial charge on any atom is -0.489 e. The molecule has 2 aromatic carbocycles. The molecular formula is C27H35NO. The Morgan fingerprint density at radius 2 is 1.45 bits per heavy atom. The van der Waals surface area contributed by atoms with Crippen molar-refractivity contribution in [3.8, 4) is 5.75 Å². The Bertz CT molecular complexity index is 850. The molecule has 4 atom stereocenters. The van der Waals surface area contributed by atoms with Gasteiger partial charge < -0.3 is 10.1 Å². The average molecular weight is 390 g/mol. The van der Waals surface area contributed by atoms with E-state index >= 15 is 0 Å². The molecule has 2 heteroatoms. The number of ether oxygens (including phenoxy) is 1. The summed E-state index contributed by atoms with van der Waals surface area (Å²) in [6, 6.07) is 17.2. The maximum atomic E-state index is 5.97. The van der Waals surface area contributed by atoms with Gasteiger partial charge in [-0.3, -0.25) is 0 Å². The van der Waals surface area contributed by atoms with Crippen molar-refractivity contribution in [2.45, 2.75) is 78.0 Å². The van der Waals surface area contributed by atoms with Gasteiger partial charge in [0.25, 0.3) is 0 Å². The molecule has 2 aromatic rings. The summed E-state index contributed by atoms with van der Waals surface area (Å²) >= 11 is 0. The molecule has 0 amide bonds. The van der Waals surface area contributed by atoms with Gasteiger partial charge >= 0.3 is 0 Å². The lowest BCUT2D eigenvalue weighted by Crippen LogP contribution is -2.63. The van der Waals surface area contributed by atoms with Crippen molar-refractivity contribution >= 4 is 0 Å². The highest BCUT2D eigenvalue weighted by Crippen LogP contribution is 2.66. The number of aryl methyl sites for hydroxylation is 1. The monoisotopic (exact) mass is 389 g/mol. The van der Waals surface area contributed by atoms with Crippen molar-refractivity contribution in [3.63, 3.8) is 0 Å². The van der Waals surface area contributed by atoms with Crippen molar-refractivity contribution in [2.75, 3.05) is 0 Å². The first-order valence-corrected chi connectivity index (χ1v) is 11.4. The summed E-state index contributed by atoms with van der Waals surface area (Å²) in [5.74, 6) is 1.88. The van der Waals surface area contributed by atoms with Crippen LogP contribution in [0.1, 0.15) is 69.1 Å². The second-order valence-electron chi connectivity index (χ2n) is 11.2. The molecule has 1 N–H and O–H groups in total. The van der Waals surface area contributed by atoms with Crippen molar-refractivity contribution in [1.82, 2.24) is 5.32 Å². The summed E-state index contributed by atoms with van der Waals surface area (Å²) in [6.07, 6.45) is 8.47. The molecule has 0 radical (unpaired) electrons. The van der Waals surface area contributed by atoms with E-state index in [9.17, 15) is 0 Å². The molecule has 4 aliphatic rings. The number of benzene rings is 2. The quantitative estimate of drug-likeness (QED) is 0.616. The molecule has 4 saturated carbocycles. The van der Waals surface area contributed by atoms with E-state index in [1.807, 2.05) is 0 Å². The smallest absolute Gasteiger partial charge is 0.119 e. The predicted octanol–water partition coefficient (Wildman–Crippen LogP) is 6.41. The first-order chi connectivity index (χ1) is 13.8. The zero-order chi connectivity index (χ0) is 20.1. The van der Waals surface area contributed by atoms with Crippen LogP contribution in [0.4, 0.5) is 0 Å². The molecule has 6 rings (SSSR count). The minimum atomic E-state index is 0.365. The van der Waals surface area contributed by atoms with Crippen LogP contribution in [0.3, 0.4) is 0 Å². The van der Waals surface area contributed by atoms with Gasteiger partial charge in [-0.15, -0.1) is 0 Å². The maximum Gasteiger partial charge on any atom is 0.119 e. The van der Waals surface area contributed by atoms with Crippen LogP contribution < -0.4 is 10.1 Å². The van der Waals surface area contributed by atoms with Crippen LogP contribution in [0.25, 0.3) is 0 Å². The number of hydrogen-bond donors (Lipinski definition) is 1. The van der Waals surface area contributed by atoms with Gasteiger partial charge in [-0.25, -0.2) is 0 Å². The molecule has 154 valence electrons. The SMILES string of the molecule is Cc1ccc(COc2ccc(CNC34CC5C[C@@](C)(C3)C[C@](C)(C5)C4)cc2)cc1. The second-order valence-corrected chi connectivity index (χ2v) is 11.2. The number of hydrogen-bond acceptors (Lipinski definition) is 2. The first-order valence-electron chi connectivity index (χ1n) is 11.4. The van der Waals surface area contributed by atoms with E-state index in [1.165, 1.54) is 55.2 Å². The molecule has 4 aliphatic carbocycles. The minimum absolute atomic E-state index is 0.365. The molecular weight excluding hydrogens is 354 g/mol. The Balaban J connectivity index is 1.19. The Kier molecular flexibility index (Phi) is 4.55. The van der Waals surface area contributed by atoms with E-state index in [4.69, 9.17) is 4.74 Å². The number of nitrogens with one attached hydrogen (secondary N) is 1. The summed E-state index contributed by atoms with van der Waals surface area (Å²) in [5, 5.41) is 4.04. The predicted molar refractivity (Wildman–Crippen MR) is 119 cm³/mol. The van der Waals surface area contributed by atoms with E-state index < -0.39 is 0 Å².